The zero-order valence-corrected chi connectivity index (χ0v) is 14.0. The lowest BCUT2D eigenvalue weighted by Gasteiger charge is -2.04. The summed E-state index contributed by atoms with van der Waals surface area (Å²) < 4.78 is 13.0. The Morgan fingerprint density at radius 3 is 2.30 bits per heavy atom. The van der Waals surface area contributed by atoms with E-state index in [0.717, 1.165) is 4.47 Å². The first-order valence-corrected chi connectivity index (χ1v) is 8.46. The van der Waals surface area contributed by atoms with Gasteiger partial charge in [-0.2, -0.15) is 0 Å². The maximum atomic E-state index is 12.1. The van der Waals surface area contributed by atoms with Crippen LogP contribution in [0, 0.1) is 0 Å². The van der Waals surface area contributed by atoms with E-state index in [2.05, 4.69) is 15.9 Å². The van der Waals surface area contributed by atoms with Crippen LogP contribution in [0.5, 0.6) is 0 Å². The van der Waals surface area contributed by atoms with Crippen molar-refractivity contribution in [1.82, 2.24) is 0 Å². The van der Waals surface area contributed by atoms with Gasteiger partial charge in [0.15, 0.2) is 5.78 Å². The third kappa shape index (κ3) is 3.92. The van der Waals surface area contributed by atoms with Crippen molar-refractivity contribution < 1.29 is 9.00 Å². The van der Waals surface area contributed by atoms with E-state index in [1.165, 1.54) is 6.07 Å². The molecule has 0 fully saturated rings. The monoisotopic (exact) mass is 390 g/mol. The van der Waals surface area contributed by atoms with E-state index in [-0.39, 0.29) is 11.5 Å². The molecule has 0 radical (unpaired) electrons. The zero-order valence-electron chi connectivity index (χ0n) is 10.1. The number of hydrogen-bond acceptors (Lipinski definition) is 2. The Morgan fingerprint density at radius 2 is 1.70 bits per heavy atom. The minimum atomic E-state index is -1.44. The van der Waals surface area contributed by atoms with Crippen LogP contribution in [0.3, 0.4) is 0 Å². The summed E-state index contributed by atoms with van der Waals surface area (Å²) >= 11 is 15.0. The van der Waals surface area contributed by atoms with Gasteiger partial charge in [0.1, 0.15) is 0 Å². The second-order valence-corrected chi connectivity index (χ2v) is 7.18. The van der Waals surface area contributed by atoms with Crippen LogP contribution in [-0.2, 0) is 10.8 Å². The lowest BCUT2D eigenvalue weighted by atomic mass is 10.2. The van der Waals surface area contributed by atoms with Gasteiger partial charge < -0.3 is 0 Å². The molecule has 0 saturated carbocycles. The summed E-state index contributed by atoms with van der Waals surface area (Å²) in [6.07, 6.45) is 0. The molecule has 0 heterocycles. The summed E-state index contributed by atoms with van der Waals surface area (Å²) in [5.41, 5.74) is 0.529. The van der Waals surface area contributed by atoms with Crippen molar-refractivity contribution in [2.75, 3.05) is 5.75 Å². The third-order valence-electron chi connectivity index (χ3n) is 2.58. The average Bonchev–Trinajstić information content (AvgIpc) is 2.42. The van der Waals surface area contributed by atoms with E-state index in [4.69, 9.17) is 23.2 Å². The highest BCUT2D eigenvalue weighted by molar-refractivity contribution is 9.10. The highest BCUT2D eigenvalue weighted by atomic mass is 79.9. The summed E-state index contributed by atoms with van der Waals surface area (Å²) in [6, 6.07) is 11.6. The second kappa shape index (κ2) is 6.85. The van der Waals surface area contributed by atoms with Gasteiger partial charge in [-0.1, -0.05) is 51.3 Å². The van der Waals surface area contributed by atoms with Crippen LogP contribution in [0.1, 0.15) is 10.4 Å². The van der Waals surface area contributed by atoms with Crippen molar-refractivity contribution in [3.05, 3.63) is 62.5 Å². The van der Waals surface area contributed by atoms with E-state index in [1.54, 1.807) is 36.4 Å². The molecule has 1 unspecified atom stereocenters. The molecule has 2 aromatic rings. The average molecular weight is 392 g/mol. The van der Waals surface area contributed by atoms with Crippen molar-refractivity contribution in [2.45, 2.75) is 4.90 Å². The Balaban J connectivity index is 2.13. The molecule has 0 aromatic heterocycles. The highest BCUT2D eigenvalue weighted by Crippen LogP contribution is 2.24. The van der Waals surface area contributed by atoms with Gasteiger partial charge in [-0.25, -0.2) is 0 Å². The van der Waals surface area contributed by atoms with Gasteiger partial charge in [0, 0.05) is 14.9 Å². The van der Waals surface area contributed by atoms with Gasteiger partial charge in [0.25, 0.3) is 0 Å². The van der Waals surface area contributed by atoms with Gasteiger partial charge in [0.2, 0.25) is 0 Å². The molecule has 0 amide bonds. The minimum Gasteiger partial charge on any atom is -0.293 e. The summed E-state index contributed by atoms with van der Waals surface area (Å²) in [6.45, 7) is 0. The Kier molecular flexibility index (Phi) is 5.38. The van der Waals surface area contributed by atoms with Crippen molar-refractivity contribution in [3.8, 4) is 0 Å². The predicted octanol–water partition coefficient (Wildman–Crippen LogP) is 4.75. The molecule has 2 nitrogen and oxygen atoms in total. The number of Topliss-reactive ketones (excluding diaryl/α,β-unsaturated/α-hetero) is 1. The molecule has 0 aliphatic carbocycles. The van der Waals surface area contributed by atoms with Gasteiger partial charge in [-0.3, -0.25) is 9.00 Å². The van der Waals surface area contributed by atoms with Crippen LogP contribution in [0.25, 0.3) is 0 Å². The van der Waals surface area contributed by atoms with Crippen LogP contribution in [-0.4, -0.2) is 15.7 Å². The van der Waals surface area contributed by atoms with Crippen molar-refractivity contribution in [3.63, 3.8) is 0 Å². The number of halogens is 3. The van der Waals surface area contributed by atoms with E-state index in [1.807, 2.05) is 0 Å². The Bertz CT molecular complexity index is 671. The molecule has 0 N–H and O–H groups in total. The van der Waals surface area contributed by atoms with Crippen molar-refractivity contribution in [1.29, 1.82) is 0 Å². The number of benzene rings is 2. The lowest BCUT2D eigenvalue weighted by molar-refractivity contribution is 0.102. The van der Waals surface area contributed by atoms with Crippen LogP contribution in [0.2, 0.25) is 10.0 Å². The van der Waals surface area contributed by atoms with E-state index in [0.29, 0.717) is 20.5 Å². The SMILES string of the molecule is O=C(CS(=O)c1ccc(Cl)c(Cl)c1)c1ccc(Br)cc1. The predicted molar refractivity (Wildman–Crippen MR) is 86.2 cm³/mol. The quantitative estimate of drug-likeness (QED) is 0.705. The fourth-order valence-corrected chi connectivity index (χ4v) is 3.21. The molecular weight excluding hydrogens is 383 g/mol. The van der Waals surface area contributed by atoms with Gasteiger partial charge in [0.05, 0.1) is 26.6 Å². The molecule has 20 heavy (non-hydrogen) atoms. The number of carbonyl (C=O) groups is 1. The summed E-state index contributed by atoms with van der Waals surface area (Å²) in [4.78, 5) is 12.5. The standard InChI is InChI=1S/C14H9BrCl2O2S/c15-10-3-1-9(2-4-10)14(18)8-20(19)11-5-6-12(16)13(17)7-11/h1-7H,8H2. The fraction of sp³-hybridized carbons (Fsp3) is 0.0714. The maximum absolute atomic E-state index is 12.1. The Labute approximate surface area is 137 Å². The molecule has 2 rings (SSSR count). The molecule has 6 heteroatoms. The zero-order chi connectivity index (χ0) is 14.7. The van der Waals surface area contributed by atoms with Gasteiger partial charge in [-0.05, 0) is 30.3 Å². The van der Waals surface area contributed by atoms with Crippen molar-refractivity contribution >= 4 is 55.7 Å². The summed E-state index contributed by atoms with van der Waals surface area (Å²) in [5, 5.41) is 0.722. The van der Waals surface area contributed by atoms with E-state index in [9.17, 15) is 9.00 Å². The van der Waals surface area contributed by atoms with Crippen LogP contribution in [0.4, 0.5) is 0 Å². The molecule has 2 aromatic carbocycles. The van der Waals surface area contributed by atoms with Crippen LogP contribution >= 0.6 is 39.1 Å². The van der Waals surface area contributed by atoms with Gasteiger partial charge >= 0.3 is 0 Å². The third-order valence-corrected chi connectivity index (χ3v) is 5.15. The number of ketones is 1. The van der Waals surface area contributed by atoms with E-state index >= 15 is 0 Å². The largest absolute Gasteiger partial charge is 0.293 e. The lowest BCUT2D eigenvalue weighted by Crippen LogP contribution is -2.11. The van der Waals surface area contributed by atoms with Gasteiger partial charge in [-0.15, -0.1) is 0 Å². The molecule has 0 bridgehead atoms. The minimum absolute atomic E-state index is 0.0837. The second-order valence-electron chi connectivity index (χ2n) is 4.00. The molecule has 0 saturated heterocycles. The number of rotatable bonds is 4. The normalized spacial score (nSPS) is 12.2. The first kappa shape index (κ1) is 15.7. The molecule has 0 spiro atoms. The smallest absolute Gasteiger partial charge is 0.175 e. The number of hydrogen-bond donors (Lipinski definition) is 0. The topological polar surface area (TPSA) is 34.1 Å². The molecule has 1 atom stereocenters. The number of carbonyl (C=O) groups excluding carboxylic acids is 1. The van der Waals surface area contributed by atoms with Crippen LogP contribution < -0.4 is 0 Å². The van der Waals surface area contributed by atoms with Crippen molar-refractivity contribution in [2.24, 2.45) is 0 Å². The fourth-order valence-electron chi connectivity index (χ4n) is 1.54. The first-order chi connectivity index (χ1) is 9.47. The highest BCUT2D eigenvalue weighted by Gasteiger charge is 2.13. The molecule has 0 aliphatic rings. The summed E-state index contributed by atoms with van der Waals surface area (Å²) in [7, 11) is -1.44. The Hall–Kier alpha value is -0.680. The summed E-state index contributed by atoms with van der Waals surface area (Å²) in [5.74, 6) is -0.263. The Morgan fingerprint density at radius 1 is 1.05 bits per heavy atom. The van der Waals surface area contributed by atoms with E-state index < -0.39 is 10.8 Å². The molecule has 0 aliphatic heterocycles. The molecule has 104 valence electrons. The molecular formula is C14H9BrCl2O2S. The first-order valence-electron chi connectivity index (χ1n) is 5.59. The van der Waals surface area contributed by atoms with Crippen LogP contribution in [0.15, 0.2) is 51.8 Å². The maximum Gasteiger partial charge on any atom is 0.175 e.